The molecule has 0 radical (unpaired) electrons. The maximum absolute atomic E-state index is 12.7. The summed E-state index contributed by atoms with van der Waals surface area (Å²) < 4.78 is 1.99. The third kappa shape index (κ3) is 3.47. The molecule has 6 nitrogen and oxygen atoms in total. The van der Waals surface area contributed by atoms with Crippen LogP contribution in [0.5, 0.6) is 0 Å². The van der Waals surface area contributed by atoms with Gasteiger partial charge < -0.3 is 5.32 Å². The summed E-state index contributed by atoms with van der Waals surface area (Å²) in [5.41, 5.74) is 4.43. The van der Waals surface area contributed by atoms with Crippen LogP contribution in [0.25, 0.3) is 5.69 Å². The highest BCUT2D eigenvalue weighted by molar-refractivity contribution is 5.92. The lowest BCUT2D eigenvalue weighted by Crippen LogP contribution is -2.37. The Labute approximate surface area is 158 Å². The van der Waals surface area contributed by atoms with E-state index in [2.05, 4.69) is 34.2 Å². The van der Waals surface area contributed by atoms with Crippen LogP contribution in [-0.4, -0.2) is 25.7 Å². The monoisotopic (exact) mass is 361 g/mol. The van der Waals surface area contributed by atoms with Gasteiger partial charge in [0, 0.05) is 11.8 Å². The Morgan fingerprint density at radius 2 is 1.93 bits per heavy atom. The van der Waals surface area contributed by atoms with Gasteiger partial charge in [0.1, 0.15) is 5.69 Å². The third-order valence-electron chi connectivity index (χ3n) is 5.00. The number of benzene rings is 1. The summed E-state index contributed by atoms with van der Waals surface area (Å²) in [4.78, 5) is 21.0. The SMILES string of the molecule is Cc1cnc(C(=O)N[C@@H]2CC(C)(C)Cc3c2cnn3-c2ccccc2)cn1. The van der Waals surface area contributed by atoms with Crippen molar-refractivity contribution < 1.29 is 4.79 Å². The lowest BCUT2D eigenvalue weighted by molar-refractivity contribution is 0.0913. The molecule has 27 heavy (non-hydrogen) atoms. The van der Waals surface area contributed by atoms with Crippen molar-refractivity contribution in [2.45, 2.75) is 39.7 Å². The van der Waals surface area contributed by atoms with Crippen LogP contribution in [0.3, 0.4) is 0 Å². The second-order valence-corrected chi connectivity index (χ2v) is 7.91. The maximum Gasteiger partial charge on any atom is 0.271 e. The van der Waals surface area contributed by atoms with Gasteiger partial charge in [-0.25, -0.2) is 9.67 Å². The van der Waals surface area contributed by atoms with E-state index < -0.39 is 0 Å². The smallest absolute Gasteiger partial charge is 0.271 e. The van der Waals surface area contributed by atoms with E-state index in [9.17, 15) is 4.79 Å². The molecule has 2 heterocycles. The molecular weight excluding hydrogens is 338 g/mol. The molecule has 0 saturated carbocycles. The predicted molar refractivity (Wildman–Crippen MR) is 103 cm³/mol. The van der Waals surface area contributed by atoms with Gasteiger partial charge >= 0.3 is 0 Å². The molecule has 3 aromatic rings. The molecule has 6 heteroatoms. The minimum atomic E-state index is -0.205. The molecule has 0 unspecified atom stereocenters. The fourth-order valence-corrected chi connectivity index (χ4v) is 3.70. The average Bonchev–Trinajstić information content (AvgIpc) is 3.05. The summed E-state index contributed by atoms with van der Waals surface area (Å²) in [6, 6.07) is 10.0. The molecule has 1 atom stereocenters. The van der Waals surface area contributed by atoms with E-state index in [-0.39, 0.29) is 17.4 Å². The van der Waals surface area contributed by atoms with Gasteiger partial charge in [-0.2, -0.15) is 5.10 Å². The maximum atomic E-state index is 12.7. The molecule has 2 aromatic heterocycles. The number of hydrogen-bond acceptors (Lipinski definition) is 4. The Morgan fingerprint density at radius 3 is 2.63 bits per heavy atom. The zero-order valence-corrected chi connectivity index (χ0v) is 15.8. The topological polar surface area (TPSA) is 72.7 Å². The predicted octanol–water partition coefficient (Wildman–Crippen LogP) is 3.41. The molecule has 138 valence electrons. The zero-order chi connectivity index (χ0) is 19.0. The van der Waals surface area contributed by atoms with Gasteiger partial charge in [-0.15, -0.1) is 0 Å². The molecule has 0 aliphatic heterocycles. The van der Waals surface area contributed by atoms with Crippen LogP contribution in [0.15, 0.2) is 48.9 Å². The summed E-state index contributed by atoms with van der Waals surface area (Å²) in [5.74, 6) is -0.205. The second kappa shape index (κ2) is 6.61. The van der Waals surface area contributed by atoms with Crippen molar-refractivity contribution in [1.82, 2.24) is 25.1 Å². The normalized spacial score (nSPS) is 18.0. The average molecular weight is 361 g/mol. The minimum absolute atomic E-state index is 0.0520. The third-order valence-corrected chi connectivity index (χ3v) is 5.00. The number of hydrogen-bond donors (Lipinski definition) is 1. The van der Waals surface area contributed by atoms with Crippen molar-refractivity contribution >= 4 is 5.91 Å². The number of fused-ring (bicyclic) bond motifs is 1. The van der Waals surface area contributed by atoms with Gasteiger partial charge in [-0.3, -0.25) is 9.78 Å². The quantitative estimate of drug-likeness (QED) is 0.776. The van der Waals surface area contributed by atoms with Crippen molar-refractivity contribution in [2.24, 2.45) is 5.41 Å². The van der Waals surface area contributed by atoms with Crippen LogP contribution < -0.4 is 5.32 Å². The number of carbonyl (C=O) groups excluding carboxylic acids is 1. The number of aryl methyl sites for hydroxylation is 1. The highest BCUT2D eigenvalue weighted by Crippen LogP contribution is 2.41. The molecule has 0 saturated heterocycles. The lowest BCUT2D eigenvalue weighted by Gasteiger charge is -2.35. The molecule has 0 fully saturated rings. The Bertz CT molecular complexity index is 960. The van der Waals surface area contributed by atoms with Gasteiger partial charge in [-0.1, -0.05) is 32.0 Å². The summed E-state index contributed by atoms with van der Waals surface area (Å²) in [6.07, 6.45) is 6.77. The van der Waals surface area contributed by atoms with Gasteiger partial charge in [-0.05, 0) is 37.3 Å². The molecule has 1 aliphatic carbocycles. The van der Waals surface area contributed by atoms with Crippen LogP contribution in [-0.2, 0) is 6.42 Å². The van der Waals surface area contributed by atoms with Crippen LogP contribution in [0.4, 0.5) is 0 Å². The van der Waals surface area contributed by atoms with Crippen molar-refractivity contribution in [3.8, 4) is 5.69 Å². The number of nitrogens with one attached hydrogen (secondary N) is 1. The molecule has 1 aliphatic rings. The Morgan fingerprint density at radius 1 is 1.15 bits per heavy atom. The van der Waals surface area contributed by atoms with E-state index in [1.54, 1.807) is 6.20 Å². The summed E-state index contributed by atoms with van der Waals surface area (Å²) in [6.45, 7) is 6.30. The van der Waals surface area contributed by atoms with Crippen LogP contribution in [0, 0.1) is 12.3 Å². The number of rotatable bonds is 3. The van der Waals surface area contributed by atoms with Crippen molar-refractivity contribution in [3.05, 3.63) is 71.6 Å². The number of para-hydroxylation sites is 1. The van der Waals surface area contributed by atoms with Gasteiger partial charge in [0.25, 0.3) is 5.91 Å². The van der Waals surface area contributed by atoms with Gasteiger partial charge in [0.05, 0.1) is 35.5 Å². The lowest BCUT2D eigenvalue weighted by atomic mass is 9.74. The first-order valence-electron chi connectivity index (χ1n) is 9.15. The van der Waals surface area contributed by atoms with E-state index in [1.807, 2.05) is 48.1 Å². The highest BCUT2D eigenvalue weighted by atomic mass is 16.1. The first-order valence-corrected chi connectivity index (χ1v) is 9.15. The number of aromatic nitrogens is 4. The molecule has 1 aromatic carbocycles. The van der Waals surface area contributed by atoms with Crippen LogP contribution in [0.1, 0.15) is 53.7 Å². The first kappa shape index (κ1) is 17.4. The largest absolute Gasteiger partial charge is 0.344 e. The van der Waals surface area contributed by atoms with E-state index in [0.717, 1.165) is 35.5 Å². The molecule has 4 rings (SSSR count). The minimum Gasteiger partial charge on any atom is -0.344 e. The Kier molecular flexibility index (Phi) is 4.26. The number of nitrogens with zero attached hydrogens (tertiary/aromatic N) is 4. The van der Waals surface area contributed by atoms with Gasteiger partial charge in [0.15, 0.2) is 0 Å². The Balaban J connectivity index is 1.66. The van der Waals surface area contributed by atoms with Crippen molar-refractivity contribution in [2.75, 3.05) is 0 Å². The molecular formula is C21H23N5O. The molecule has 0 bridgehead atoms. The molecule has 1 N–H and O–H groups in total. The van der Waals surface area contributed by atoms with Crippen LogP contribution >= 0.6 is 0 Å². The fraction of sp³-hybridized carbons (Fsp3) is 0.333. The Hall–Kier alpha value is -3.02. The van der Waals surface area contributed by atoms with E-state index in [1.165, 1.54) is 6.20 Å². The van der Waals surface area contributed by atoms with E-state index >= 15 is 0 Å². The fourth-order valence-electron chi connectivity index (χ4n) is 3.70. The van der Waals surface area contributed by atoms with E-state index in [4.69, 9.17) is 0 Å². The standard InChI is InChI=1S/C21H23N5O/c1-14-11-23-18(13-22-14)20(27)25-17-9-21(2,3)10-19-16(17)12-24-26(19)15-7-5-4-6-8-15/h4-8,11-13,17H,9-10H2,1-3H3,(H,25,27)/t17-/m1/s1. The van der Waals surface area contributed by atoms with Crippen molar-refractivity contribution in [3.63, 3.8) is 0 Å². The van der Waals surface area contributed by atoms with Crippen molar-refractivity contribution in [1.29, 1.82) is 0 Å². The first-order chi connectivity index (χ1) is 12.9. The summed E-state index contributed by atoms with van der Waals surface area (Å²) in [7, 11) is 0. The van der Waals surface area contributed by atoms with Gasteiger partial charge in [0.2, 0.25) is 0 Å². The summed E-state index contributed by atoms with van der Waals surface area (Å²) in [5, 5.41) is 7.75. The highest BCUT2D eigenvalue weighted by Gasteiger charge is 2.36. The molecule has 0 spiro atoms. The molecule has 1 amide bonds. The van der Waals surface area contributed by atoms with Crippen LogP contribution in [0.2, 0.25) is 0 Å². The zero-order valence-electron chi connectivity index (χ0n) is 15.8. The second-order valence-electron chi connectivity index (χ2n) is 7.91. The number of amides is 1. The summed E-state index contributed by atoms with van der Waals surface area (Å²) >= 11 is 0. The van der Waals surface area contributed by atoms with E-state index in [0.29, 0.717) is 5.69 Å². The number of carbonyl (C=O) groups is 1.